The van der Waals surface area contributed by atoms with Crippen LogP contribution in [0, 0.1) is 0 Å². The van der Waals surface area contributed by atoms with Gasteiger partial charge in [-0.15, -0.1) is 0 Å². The number of carbonyl (C=O) groups excluding carboxylic acids is 1. The van der Waals surface area contributed by atoms with Gasteiger partial charge in [-0.2, -0.15) is 0 Å². The lowest BCUT2D eigenvalue weighted by molar-refractivity contribution is -0.117. The van der Waals surface area contributed by atoms with Gasteiger partial charge in [0.2, 0.25) is 5.91 Å². The summed E-state index contributed by atoms with van der Waals surface area (Å²) < 4.78 is 17.3. The van der Waals surface area contributed by atoms with Crippen molar-refractivity contribution < 1.29 is 13.7 Å². The van der Waals surface area contributed by atoms with E-state index in [2.05, 4.69) is 0 Å². The van der Waals surface area contributed by atoms with E-state index < -0.39 is 22.0 Å². The third-order valence-electron chi connectivity index (χ3n) is 2.23. The number of primary amides is 1. The van der Waals surface area contributed by atoms with Gasteiger partial charge >= 0.3 is 0 Å². The van der Waals surface area contributed by atoms with E-state index in [0.29, 0.717) is 22.9 Å². The molecule has 17 heavy (non-hydrogen) atoms. The van der Waals surface area contributed by atoms with Crippen LogP contribution < -0.4 is 16.2 Å². The summed E-state index contributed by atoms with van der Waals surface area (Å²) in [4.78, 5) is 11.4. The normalized spacial score (nSPS) is 14.0. The molecule has 0 saturated carbocycles. The molecule has 0 spiro atoms. The summed E-state index contributed by atoms with van der Waals surface area (Å²) in [5, 5.41) is -0.783. The standard InChI is InChI=1S/C11H16N2O3S/c1-3-16-8-4-5-9(12)10(6-8)17(15)7(2)11(13)14/h4-7H,3,12H2,1-2H3,(H2,13,14). The molecular formula is C11H16N2O3S. The molecule has 4 N–H and O–H groups in total. The molecule has 0 aromatic heterocycles. The molecule has 1 aromatic carbocycles. The molecule has 0 bridgehead atoms. The lowest BCUT2D eigenvalue weighted by Gasteiger charge is -2.11. The summed E-state index contributed by atoms with van der Waals surface area (Å²) in [5.41, 5.74) is 11.2. The Morgan fingerprint density at radius 3 is 2.71 bits per heavy atom. The van der Waals surface area contributed by atoms with Crippen molar-refractivity contribution in [2.24, 2.45) is 5.73 Å². The van der Waals surface area contributed by atoms with Crippen molar-refractivity contribution in [2.75, 3.05) is 12.3 Å². The van der Waals surface area contributed by atoms with Gasteiger partial charge in [-0.25, -0.2) is 0 Å². The zero-order valence-corrected chi connectivity index (χ0v) is 10.6. The predicted molar refractivity (Wildman–Crippen MR) is 67.1 cm³/mol. The monoisotopic (exact) mass is 256 g/mol. The molecule has 1 amide bonds. The molecule has 1 rings (SSSR count). The van der Waals surface area contributed by atoms with E-state index in [4.69, 9.17) is 16.2 Å². The van der Waals surface area contributed by atoms with Gasteiger partial charge in [0.1, 0.15) is 11.0 Å². The molecule has 0 aliphatic heterocycles. The number of rotatable bonds is 5. The zero-order valence-electron chi connectivity index (χ0n) is 9.80. The molecule has 5 nitrogen and oxygen atoms in total. The fourth-order valence-corrected chi connectivity index (χ4v) is 2.37. The highest BCUT2D eigenvalue weighted by atomic mass is 32.2. The highest BCUT2D eigenvalue weighted by molar-refractivity contribution is 7.86. The minimum absolute atomic E-state index is 0.361. The Morgan fingerprint density at radius 1 is 1.53 bits per heavy atom. The van der Waals surface area contributed by atoms with Crippen molar-refractivity contribution in [1.82, 2.24) is 0 Å². The first-order chi connectivity index (χ1) is 7.97. The molecule has 6 heteroatoms. The first-order valence-corrected chi connectivity index (χ1v) is 6.40. The van der Waals surface area contributed by atoms with Gasteiger partial charge in [0, 0.05) is 5.69 Å². The van der Waals surface area contributed by atoms with Crippen molar-refractivity contribution in [3.05, 3.63) is 18.2 Å². The van der Waals surface area contributed by atoms with Crippen LogP contribution in [0.5, 0.6) is 5.75 Å². The molecule has 0 radical (unpaired) electrons. The number of hydrogen-bond donors (Lipinski definition) is 2. The van der Waals surface area contributed by atoms with E-state index in [1.165, 1.54) is 6.92 Å². The van der Waals surface area contributed by atoms with Crippen molar-refractivity contribution in [3.63, 3.8) is 0 Å². The maximum absolute atomic E-state index is 12.0. The van der Waals surface area contributed by atoms with Crippen LogP contribution in [0.15, 0.2) is 23.1 Å². The van der Waals surface area contributed by atoms with Crippen molar-refractivity contribution in [3.8, 4) is 5.75 Å². The SMILES string of the molecule is CCOc1ccc(N)c(S(=O)C(C)C(N)=O)c1. The molecule has 2 unspecified atom stereocenters. The second-order valence-electron chi connectivity index (χ2n) is 3.47. The van der Waals surface area contributed by atoms with E-state index in [0.717, 1.165) is 0 Å². The van der Waals surface area contributed by atoms with Crippen LogP contribution in [0.4, 0.5) is 5.69 Å². The molecular weight excluding hydrogens is 240 g/mol. The lowest BCUT2D eigenvalue weighted by atomic mass is 10.3. The van der Waals surface area contributed by atoms with Gasteiger partial charge in [-0.05, 0) is 32.0 Å². The summed E-state index contributed by atoms with van der Waals surface area (Å²) in [6.07, 6.45) is 0. The Bertz CT molecular complexity index is 448. The van der Waals surface area contributed by atoms with E-state index >= 15 is 0 Å². The molecule has 1 aromatic rings. The number of anilines is 1. The molecule has 0 fully saturated rings. The van der Waals surface area contributed by atoms with Crippen molar-refractivity contribution >= 4 is 22.4 Å². The molecule has 94 valence electrons. The third kappa shape index (κ3) is 3.20. The molecule has 0 heterocycles. The van der Waals surface area contributed by atoms with Gasteiger partial charge in [-0.1, -0.05) is 0 Å². The Balaban J connectivity index is 3.07. The smallest absolute Gasteiger partial charge is 0.233 e. The van der Waals surface area contributed by atoms with Crippen molar-refractivity contribution in [1.29, 1.82) is 0 Å². The Hall–Kier alpha value is -1.56. The van der Waals surface area contributed by atoms with E-state index in [-0.39, 0.29) is 0 Å². The quantitative estimate of drug-likeness (QED) is 0.756. The minimum Gasteiger partial charge on any atom is -0.494 e. The fraction of sp³-hybridized carbons (Fsp3) is 0.364. The summed E-state index contributed by atoms with van der Waals surface area (Å²) in [7, 11) is -1.56. The fourth-order valence-electron chi connectivity index (χ4n) is 1.24. The van der Waals surface area contributed by atoms with Crippen LogP contribution in [-0.4, -0.2) is 22.0 Å². The van der Waals surface area contributed by atoms with E-state index in [9.17, 15) is 9.00 Å². The summed E-state index contributed by atoms with van der Waals surface area (Å²) in [5.74, 6) is -0.0498. The number of ether oxygens (including phenoxy) is 1. The average molecular weight is 256 g/mol. The van der Waals surface area contributed by atoms with Crippen LogP contribution >= 0.6 is 0 Å². The lowest BCUT2D eigenvalue weighted by Crippen LogP contribution is -2.29. The predicted octanol–water partition coefficient (Wildman–Crippen LogP) is 0.649. The maximum Gasteiger partial charge on any atom is 0.233 e. The molecule has 2 atom stereocenters. The van der Waals surface area contributed by atoms with Crippen LogP contribution in [0.1, 0.15) is 13.8 Å². The number of nitrogens with two attached hydrogens (primary N) is 2. The average Bonchev–Trinajstić information content (AvgIpc) is 2.30. The summed E-state index contributed by atoms with van der Waals surface area (Å²) in [6.45, 7) is 3.85. The molecule has 0 aliphatic rings. The highest BCUT2D eigenvalue weighted by Gasteiger charge is 2.21. The second kappa shape index (κ2) is 5.67. The van der Waals surface area contributed by atoms with E-state index in [1.807, 2.05) is 6.92 Å². The minimum atomic E-state index is -1.56. The largest absolute Gasteiger partial charge is 0.494 e. The number of benzene rings is 1. The topological polar surface area (TPSA) is 95.4 Å². The first-order valence-electron chi connectivity index (χ1n) is 5.19. The summed E-state index contributed by atoms with van der Waals surface area (Å²) >= 11 is 0. The number of nitrogen functional groups attached to an aromatic ring is 1. The highest BCUT2D eigenvalue weighted by Crippen LogP contribution is 2.24. The number of carbonyl (C=O) groups is 1. The Kier molecular flexibility index (Phi) is 4.51. The number of amides is 1. The third-order valence-corrected chi connectivity index (χ3v) is 3.90. The van der Waals surface area contributed by atoms with Gasteiger partial charge < -0.3 is 16.2 Å². The van der Waals surface area contributed by atoms with Crippen LogP contribution in [0.3, 0.4) is 0 Å². The Labute approximate surface area is 103 Å². The van der Waals surface area contributed by atoms with Gasteiger partial charge in [0.25, 0.3) is 0 Å². The van der Waals surface area contributed by atoms with Crippen LogP contribution in [0.2, 0.25) is 0 Å². The first kappa shape index (κ1) is 13.5. The van der Waals surface area contributed by atoms with Crippen LogP contribution in [-0.2, 0) is 15.6 Å². The van der Waals surface area contributed by atoms with Gasteiger partial charge in [0.05, 0.1) is 22.3 Å². The molecule has 0 aliphatic carbocycles. The van der Waals surface area contributed by atoms with Gasteiger partial charge in [0.15, 0.2) is 0 Å². The van der Waals surface area contributed by atoms with E-state index in [1.54, 1.807) is 18.2 Å². The van der Waals surface area contributed by atoms with Crippen molar-refractivity contribution in [2.45, 2.75) is 24.0 Å². The molecule has 0 saturated heterocycles. The zero-order chi connectivity index (χ0) is 13.0. The summed E-state index contributed by atoms with van der Waals surface area (Å²) in [6, 6.07) is 4.87. The second-order valence-corrected chi connectivity index (χ2v) is 5.22. The number of hydrogen-bond acceptors (Lipinski definition) is 4. The van der Waals surface area contributed by atoms with Gasteiger partial charge in [-0.3, -0.25) is 9.00 Å². The Morgan fingerprint density at radius 2 is 2.18 bits per heavy atom. The van der Waals surface area contributed by atoms with Crippen LogP contribution in [0.25, 0.3) is 0 Å². The maximum atomic E-state index is 12.0.